The average molecular weight is 408 g/mol. The Morgan fingerprint density at radius 1 is 1.30 bits per heavy atom. The smallest absolute Gasteiger partial charge is 0.438 e. The van der Waals surface area contributed by atoms with Crippen LogP contribution in [0.1, 0.15) is 16.7 Å². The Morgan fingerprint density at radius 2 is 1.96 bits per heavy atom. The van der Waals surface area contributed by atoms with Gasteiger partial charge in [-0.25, -0.2) is 9.18 Å². The van der Waals surface area contributed by atoms with Crippen LogP contribution in [0.25, 0.3) is 0 Å². The van der Waals surface area contributed by atoms with Crippen LogP contribution in [-0.4, -0.2) is 18.4 Å². The van der Waals surface area contributed by atoms with Gasteiger partial charge in [-0.05, 0) is 36.8 Å². The highest BCUT2D eigenvalue weighted by atomic mass is 35.5. The number of carbonyl (C=O) groups excluding carboxylic acids is 1. The summed E-state index contributed by atoms with van der Waals surface area (Å²) in [6, 6.07) is 5.07. The van der Waals surface area contributed by atoms with Crippen LogP contribution in [0.3, 0.4) is 0 Å². The van der Waals surface area contributed by atoms with Crippen LogP contribution in [0.15, 0.2) is 30.3 Å². The lowest BCUT2D eigenvalue weighted by molar-refractivity contribution is -0.138. The largest absolute Gasteiger partial charge is 0.487 e. The van der Waals surface area contributed by atoms with Crippen molar-refractivity contribution in [1.29, 1.82) is 0 Å². The quantitative estimate of drug-likeness (QED) is 0.422. The lowest BCUT2D eigenvalue weighted by atomic mass is 10.1. The number of amides is 1. The van der Waals surface area contributed by atoms with E-state index in [-0.39, 0.29) is 21.4 Å². The number of nitrogens with zero attached hydrogens (tertiary/aromatic N) is 1. The number of methoxy groups -OCH3 is 1. The van der Waals surface area contributed by atoms with Crippen molar-refractivity contribution in [3.63, 3.8) is 0 Å². The molecule has 0 bridgehead atoms. The molecule has 10 heteroatoms. The second-order valence-electron chi connectivity index (χ2n) is 5.40. The van der Waals surface area contributed by atoms with Gasteiger partial charge in [-0.15, -0.1) is 0 Å². The summed E-state index contributed by atoms with van der Waals surface area (Å²) in [6.07, 6.45) is -6.07. The van der Waals surface area contributed by atoms with Gasteiger partial charge in [0.2, 0.25) is 0 Å². The molecule has 0 spiro atoms. The zero-order valence-electron chi connectivity index (χ0n) is 14.1. The van der Waals surface area contributed by atoms with Crippen molar-refractivity contribution in [2.24, 2.45) is 0 Å². The molecule has 0 aliphatic carbocycles. The number of benzene rings is 2. The van der Waals surface area contributed by atoms with Crippen molar-refractivity contribution >= 4 is 23.4 Å². The fraction of sp³-hybridized carbons (Fsp3) is 0.235. The number of aryl methyl sites for hydroxylation is 1. The first-order chi connectivity index (χ1) is 12.6. The lowest BCUT2D eigenvalue weighted by Crippen LogP contribution is -2.29. The van der Waals surface area contributed by atoms with Crippen molar-refractivity contribution in [2.45, 2.75) is 19.7 Å². The van der Waals surface area contributed by atoms with E-state index in [2.05, 4.69) is 4.74 Å². The highest BCUT2D eigenvalue weighted by Gasteiger charge is 2.36. The number of rotatable bonds is 4. The third-order valence-corrected chi connectivity index (χ3v) is 3.91. The Hall–Kier alpha value is -2.52. The first kappa shape index (κ1) is 20.8. The molecular weight excluding hydrogens is 394 g/mol. The molecule has 2 aromatic rings. The molecule has 1 amide bonds. The fourth-order valence-corrected chi connectivity index (χ4v) is 2.47. The monoisotopic (exact) mass is 407 g/mol. The predicted octanol–water partition coefficient (Wildman–Crippen LogP) is 5.35. The summed E-state index contributed by atoms with van der Waals surface area (Å²) in [7, 11) is 0.955. The van der Waals surface area contributed by atoms with E-state index < -0.39 is 41.5 Å². The van der Waals surface area contributed by atoms with Crippen LogP contribution >= 0.6 is 11.6 Å². The Kier molecular flexibility index (Phi) is 6.17. The SMILES string of the molecule is COC(=O)N(O)c1cccc(C(F)(F)F)c1COc1cc(C)c(F)cc1Cl. The van der Waals surface area contributed by atoms with Crippen LogP contribution in [0, 0.1) is 12.7 Å². The van der Waals surface area contributed by atoms with Crippen molar-refractivity contribution in [1.82, 2.24) is 0 Å². The molecule has 0 unspecified atom stereocenters. The van der Waals surface area contributed by atoms with Crippen LogP contribution in [0.5, 0.6) is 5.75 Å². The molecule has 0 aliphatic rings. The zero-order chi connectivity index (χ0) is 20.4. The van der Waals surface area contributed by atoms with E-state index >= 15 is 0 Å². The minimum absolute atomic E-state index is 0.0546. The molecule has 27 heavy (non-hydrogen) atoms. The number of alkyl halides is 3. The topological polar surface area (TPSA) is 59.0 Å². The number of hydroxylamine groups is 1. The molecule has 0 fully saturated rings. The molecule has 146 valence electrons. The molecule has 0 heterocycles. The Morgan fingerprint density at radius 3 is 2.56 bits per heavy atom. The van der Waals surface area contributed by atoms with E-state index in [1.54, 1.807) is 0 Å². The summed E-state index contributed by atoms with van der Waals surface area (Å²) in [6.45, 7) is 0.726. The summed E-state index contributed by atoms with van der Waals surface area (Å²) in [5.74, 6) is -0.656. The normalized spacial score (nSPS) is 11.3. The van der Waals surface area contributed by atoms with Crippen molar-refractivity contribution in [3.8, 4) is 5.75 Å². The van der Waals surface area contributed by atoms with Gasteiger partial charge < -0.3 is 9.47 Å². The number of ether oxygens (including phenoxy) is 2. The minimum Gasteiger partial charge on any atom is -0.487 e. The Bertz CT molecular complexity index is 858. The Labute approximate surface area is 156 Å². The third-order valence-electron chi connectivity index (χ3n) is 3.62. The lowest BCUT2D eigenvalue weighted by Gasteiger charge is -2.21. The first-order valence-corrected chi connectivity index (χ1v) is 7.78. The fourth-order valence-electron chi connectivity index (χ4n) is 2.27. The van der Waals surface area contributed by atoms with Gasteiger partial charge in [0.15, 0.2) is 0 Å². The standard InChI is InChI=1S/C17H14ClF4NO4/c1-9-6-15(12(18)7-13(9)19)27-8-10-11(17(20,21)22)4-3-5-14(10)23(25)16(24)26-2/h3-7,25H,8H2,1-2H3. The van der Waals surface area contributed by atoms with Gasteiger partial charge in [-0.3, -0.25) is 5.21 Å². The van der Waals surface area contributed by atoms with Gasteiger partial charge in [-0.1, -0.05) is 17.7 Å². The van der Waals surface area contributed by atoms with E-state index in [1.165, 1.54) is 13.0 Å². The summed E-state index contributed by atoms with van der Waals surface area (Å²) in [5, 5.41) is 9.65. The van der Waals surface area contributed by atoms with Crippen LogP contribution < -0.4 is 9.80 Å². The van der Waals surface area contributed by atoms with Gasteiger partial charge in [0, 0.05) is 5.56 Å². The van der Waals surface area contributed by atoms with Crippen LogP contribution in [0.2, 0.25) is 5.02 Å². The number of carbonyl (C=O) groups is 1. The number of halogens is 5. The molecule has 0 radical (unpaired) electrons. The minimum atomic E-state index is -4.78. The van der Waals surface area contributed by atoms with Crippen LogP contribution in [-0.2, 0) is 17.5 Å². The number of anilines is 1. The molecule has 2 rings (SSSR count). The summed E-state index contributed by atoms with van der Waals surface area (Å²) < 4.78 is 63.1. The van der Waals surface area contributed by atoms with E-state index in [9.17, 15) is 27.6 Å². The van der Waals surface area contributed by atoms with Crippen LogP contribution in [0.4, 0.5) is 28.0 Å². The second kappa shape index (κ2) is 8.01. The molecule has 1 N–H and O–H groups in total. The average Bonchev–Trinajstić information content (AvgIpc) is 2.61. The Balaban J connectivity index is 2.47. The van der Waals surface area contributed by atoms with Gasteiger partial charge in [-0.2, -0.15) is 18.2 Å². The summed E-state index contributed by atoms with van der Waals surface area (Å²) >= 11 is 5.85. The molecule has 2 aromatic carbocycles. The summed E-state index contributed by atoms with van der Waals surface area (Å²) in [5.41, 5.74) is -1.96. The highest BCUT2D eigenvalue weighted by molar-refractivity contribution is 6.32. The molecule has 0 saturated carbocycles. The van der Waals surface area contributed by atoms with Gasteiger partial charge >= 0.3 is 12.3 Å². The second-order valence-corrected chi connectivity index (χ2v) is 5.81. The molecule has 5 nitrogen and oxygen atoms in total. The third kappa shape index (κ3) is 4.61. The maximum Gasteiger partial charge on any atom is 0.438 e. The van der Waals surface area contributed by atoms with E-state index in [0.717, 1.165) is 31.4 Å². The summed E-state index contributed by atoms with van der Waals surface area (Å²) in [4.78, 5) is 11.5. The van der Waals surface area contributed by atoms with Crippen molar-refractivity contribution < 1.29 is 37.0 Å². The maximum absolute atomic E-state index is 13.5. The van der Waals surface area contributed by atoms with E-state index in [4.69, 9.17) is 16.3 Å². The zero-order valence-corrected chi connectivity index (χ0v) is 14.9. The number of hydrogen-bond acceptors (Lipinski definition) is 4. The molecule has 0 saturated heterocycles. The number of hydrogen-bond donors (Lipinski definition) is 1. The van der Waals surface area contributed by atoms with Crippen molar-refractivity contribution in [2.75, 3.05) is 12.2 Å². The predicted molar refractivity (Wildman–Crippen MR) is 88.6 cm³/mol. The molecular formula is C17H14ClF4NO4. The molecule has 0 aromatic heterocycles. The van der Waals surface area contributed by atoms with Gasteiger partial charge in [0.05, 0.1) is 23.4 Å². The molecule has 0 aliphatic heterocycles. The first-order valence-electron chi connectivity index (χ1n) is 7.40. The highest BCUT2D eigenvalue weighted by Crippen LogP contribution is 2.37. The van der Waals surface area contributed by atoms with Crippen molar-refractivity contribution in [3.05, 3.63) is 57.9 Å². The van der Waals surface area contributed by atoms with Gasteiger partial charge in [0.1, 0.15) is 18.2 Å². The van der Waals surface area contributed by atoms with Gasteiger partial charge in [0.25, 0.3) is 0 Å². The maximum atomic E-state index is 13.5. The van der Waals surface area contributed by atoms with E-state index in [1.807, 2.05) is 0 Å². The van der Waals surface area contributed by atoms with E-state index in [0.29, 0.717) is 0 Å². The molecule has 0 atom stereocenters.